The van der Waals surface area contributed by atoms with Gasteiger partial charge in [0.15, 0.2) is 11.5 Å². The second kappa shape index (κ2) is 5.74. The molecule has 0 radical (unpaired) electrons. The van der Waals surface area contributed by atoms with Gasteiger partial charge in [-0.15, -0.1) is 0 Å². The standard InChI is InChI=1S/C14H20N2O2/c1-14(2,3)16-11(9-15)10-6-7-12(17-4)13(8-10)18-5/h6-8,11,16H,1-5H3. The molecule has 1 unspecified atom stereocenters. The van der Waals surface area contributed by atoms with Crippen LogP contribution in [-0.2, 0) is 0 Å². The van der Waals surface area contributed by atoms with E-state index in [-0.39, 0.29) is 11.6 Å². The van der Waals surface area contributed by atoms with Crippen molar-refractivity contribution in [2.45, 2.75) is 32.4 Å². The van der Waals surface area contributed by atoms with Crippen LogP contribution in [0.25, 0.3) is 0 Å². The number of methoxy groups -OCH3 is 2. The van der Waals surface area contributed by atoms with Crippen molar-refractivity contribution in [3.63, 3.8) is 0 Å². The molecule has 0 spiro atoms. The van der Waals surface area contributed by atoms with E-state index >= 15 is 0 Å². The minimum Gasteiger partial charge on any atom is -0.493 e. The molecule has 1 rings (SSSR count). The van der Waals surface area contributed by atoms with Gasteiger partial charge in [0.25, 0.3) is 0 Å². The van der Waals surface area contributed by atoms with E-state index in [1.165, 1.54) is 0 Å². The highest BCUT2D eigenvalue weighted by Crippen LogP contribution is 2.30. The summed E-state index contributed by atoms with van der Waals surface area (Å²) in [6.07, 6.45) is 0. The average molecular weight is 248 g/mol. The van der Waals surface area contributed by atoms with Gasteiger partial charge in [-0.2, -0.15) is 5.26 Å². The summed E-state index contributed by atoms with van der Waals surface area (Å²) < 4.78 is 10.4. The number of benzene rings is 1. The van der Waals surface area contributed by atoms with E-state index in [1.807, 2.05) is 39.0 Å². The van der Waals surface area contributed by atoms with Crippen LogP contribution in [0.3, 0.4) is 0 Å². The van der Waals surface area contributed by atoms with Crippen molar-refractivity contribution < 1.29 is 9.47 Å². The van der Waals surface area contributed by atoms with Gasteiger partial charge in [0, 0.05) is 5.54 Å². The van der Waals surface area contributed by atoms with E-state index in [4.69, 9.17) is 9.47 Å². The zero-order valence-corrected chi connectivity index (χ0v) is 11.6. The van der Waals surface area contributed by atoms with Crippen LogP contribution in [0.2, 0.25) is 0 Å². The number of nitrogens with zero attached hydrogens (tertiary/aromatic N) is 1. The molecule has 0 aliphatic carbocycles. The highest BCUT2D eigenvalue weighted by Gasteiger charge is 2.19. The highest BCUT2D eigenvalue weighted by atomic mass is 16.5. The van der Waals surface area contributed by atoms with Crippen molar-refractivity contribution in [3.05, 3.63) is 23.8 Å². The number of rotatable bonds is 4. The van der Waals surface area contributed by atoms with Crippen LogP contribution in [0.4, 0.5) is 0 Å². The van der Waals surface area contributed by atoms with Gasteiger partial charge in [-0.05, 0) is 38.5 Å². The second-order valence-corrected chi connectivity index (χ2v) is 5.07. The Morgan fingerprint density at radius 3 is 2.22 bits per heavy atom. The third-order valence-corrected chi connectivity index (χ3v) is 2.45. The summed E-state index contributed by atoms with van der Waals surface area (Å²) in [6.45, 7) is 6.08. The third kappa shape index (κ3) is 3.64. The molecule has 0 saturated heterocycles. The van der Waals surface area contributed by atoms with Crippen LogP contribution in [0, 0.1) is 11.3 Å². The SMILES string of the molecule is COc1ccc(C(C#N)NC(C)(C)C)cc1OC. The Hall–Kier alpha value is -1.73. The predicted octanol–water partition coefficient (Wildman–Crippen LogP) is 2.66. The van der Waals surface area contributed by atoms with Crippen molar-refractivity contribution >= 4 is 0 Å². The first-order valence-electron chi connectivity index (χ1n) is 5.80. The lowest BCUT2D eigenvalue weighted by atomic mass is 10.0. The minimum absolute atomic E-state index is 0.131. The quantitative estimate of drug-likeness (QED) is 0.890. The molecule has 1 N–H and O–H groups in total. The molecule has 0 aromatic heterocycles. The molecule has 1 atom stereocenters. The van der Waals surface area contributed by atoms with Crippen LogP contribution in [-0.4, -0.2) is 19.8 Å². The minimum atomic E-state index is -0.371. The van der Waals surface area contributed by atoms with Crippen LogP contribution >= 0.6 is 0 Å². The average Bonchev–Trinajstić information content (AvgIpc) is 2.34. The second-order valence-electron chi connectivity index (χ2n) is 5.07. The molecule has 0 aliphatic rings. The maximum Gasteiger partial charge on any atom is 0.161 e. The summed E-state index contributed by atoms with van der Waals surface area (Å²) in [4.78, 5) is 0. The summed E-state index contributed by atoms with van der Waals surface area (Å²) in [6, 6.07) is 7.39. The van der Waals surface area contributed by atoms with Crippen molar-refractivity contribution in [2.75, 3.05) is 14.2 Å². The molecule has 18 heavy (non-hydrogen) atoms. The van der Waals surface area contributed by atoms with Gasteiger partial charge < -0.3 is 9.47 Å². The molecular formula is C14H20N2O2. The van der Waals surface area contributed by atoms with Gasteiger partial charge in [-0.25, -0.2) is 0 Å². The molecule has 98 valence electrons. The molecule has 0 bridgehead atoms. The fourth-order valence-electron chi connectivity index (χ4n) is 1.66. The largest absolute Gasteiger partial charge is 0.493 e. The molecule has 0 fully saturated rings. The first-order valence-corrected chi connectivity index (χ1v) is 5.80. The monoisotopic (exact) mass is 248 g/mol. The molecule has 0 saturated carbocycles. The summed E-state index contributed by atoms with van der Waals surface area (Å²) in [5.41, 5.74) is 0.734. The number of nitriles is 1. The fourth-order valence-corrected chi connectivity index (χ4v) is 1.66. The Bertz CT molecular complexity index is 444. The van der Waals surface area contributed by atoms with E-state index in [2.05, 4.69) is 11.4 Å². The molecule has 0 heterocycles. The summed E-state index contributed by atoms with van der Waals surface area (Å²) in [7, 11) is 3.17. The van der Waals surface area contributed by atoms with E-state index in [0.29, 0.717) is 11.5 Å². The summed E-state index contributed by atoms with van der Waals surface area (Å²) in [5, 5.41) is 12.5. The molecule has 1 aromatic carbocycles. The van der Waals surface area contributed by atoms with Crippen LogP contribution in [0.1, 0.15) is 32.4 Å². The number of nitrogens with one attached hydrogen (secondary N) is 1. The first-order chi connectivity index (χ1) is 8.41. The summed E-state index contributed by atoms with van der Waals surface area (Å²) in [5.74, 6) is 1.29. The lowest BCUT2D eigenvalue weighted by molar-refractivity contribution is 0.353. The van der Waals surface area contributed by atoms with Gasteiger partial charge in [0.2, 0.25) is 0 Å². The van der Waals surface area contributed by atoms with Crippen LogP contribution in [0.5, 0.6) is 11.5 Å². The van der Waals surface area contributed by atoms with Gasteiger partial charge in [-0.3, -0.25) is 5.32 Å². The Balaban J connectivity index is 3.05. The smallest absolute Gasteiger partial charge is 0.161 e. The molecule has 1 aromatic rings. The van der Waals surface area contributed by atoms with E-state index in [9.17, 15) is 5.26 Å². The fraction of sp³-hybridized carbons (Fsp3) is 0.500. The topological polar surface area (TPSA) is 54.3 Å². The predicted molar refractivity (Wildman–Crippen MR) is 70.8 cm³/mol. The van der Waals surface area contributed by atoms with E-state index in [0.717, 1.165) is 5.56 Å². The van der Waals surface area contributed by atoms with Gasteiger partial charge in [0.05, 0.1) is 20.3 Å². The Morgan fingerprint density at radius 1 is 1.17 bits per heavy atom. The van der Waals surface area contributed by atoms with Crippen molar-refractivity contribution in [3.8, 4) is 17.6 Å². The molecule has 4 nitrogen and oxygen atoms in total. The zero-order valence-electron chi connectivity index (χ0n) is 11.6. The number of hydrogen-bond donors (Lipinski definition) is 1. The maximum atomic E-state index is 9.25. The van der Waals surface area contributed by atoms with Gasteiger partial charge in [-0.1, -0.05) is 6.07 Å². The van der Waals surface area contributed by atoms with Crippen LogP contribution in [0.15, 0.2) is 18.2 Å². The lowest BCUT2D eigenvalue weighted by Crippen LogP contribution is -2.38. The normalized spacial score (nSPS) is 12.7. The molecule has 0 aliphatic heterocycles. The van der Waals surface area contributed by atoms with Crippen LogP contribution < -0.4 is 14.8 Å². The van der Waals surface area contributed by atoms with Gasteiger partial charge >= 0.3 is 0 Å². The number of ether oxygens (including phenoxy) is 2. The first kappa shape index (κ1) is 14.3. The van der Waals surface area contributed by atoms with Gasteiger partial charge in [0.1, 0.15) is 6.04 Å². The molecule has 4 heteroatoms. The van der Waals surface area contributed by atoms with Crippen molar-refractivity contribution in [1.82, 2.24) is 5.32 Å². The Kier molecular flexibility index (Phi) is 4.57. The van der Waals surface area contributed by atoms with E-state index in [1.54, 1.807) is 14.2 Å². The Labute approximate surface area is 109 Å². The molecule has 0 amide bonds. The van der Waals surface area contributed by atoms with Crippen molar-refractivity contribution in [1.29, 1.82) is 5.26 Å². The Morgan fingerprint density at radius 2 is 1.78 bits per heavy atom. The van der Waals surface area contributed by atoms with Crippen molar-refractivity contribution in [2.24, 2.45) is 0 Å². The summed E-state index contributed by atoms with van der Waals surface area (Å²) >= 11 is 0. The third-order valence-electron chi connectivity index (χ3n) is 2.45. The number of hydrogen-bond acceptors (Lipinski definition) is 4. The zero-order chi connectivity index (χ0) is 13.8. The van der Waals surface area contributed by atoms with E-state index < -0.39 is 0 Å². The highest BCUT2D eigenvalue weighted by molar-refractivity contribution is 5.44. The maximum absolute atomic E-state index is 9.25. The molecular weight excluding hydrogens is 228 g/mol. The lowest BCUT2D eigenvalue weighted by Gasteiger charge is -2.25.